The highest BCUT2D eigenvalue weighted by molar-refractivity contribution is 5.88. The Balaban J connectivity index is 2.96. The van der Waals surface area contributed by atoms with Crippen LogP contribution in [0.25, 0.3) is 0 Å². The van der Waals surface area contributed by atoms with E-state index in [-0.39, 0.29) is 36.4 Å². The zero-order valence-corrected chi connectivity index (χ0v) is 16.1. The summed E-state index contributed by atoms with van der Waals surface area (Å²) in [5, 5.41) is 10.4. The van der Waals surface area contributed by atoms with Crippen LogP contribution < -0.4 is 0 Å². The second kappa shape index (κ2) is 9.27. The first-order chi connectivity index (χ1) is 11.6. The van der Waals surface area contributed by atoms with Crippen LogP contribution in [-0.4, -0.2) is 35.4 Å². The number of hydrogen-bond acceptors (Lipinski definition) is 5. The Morgan fingerprint density at radius 2 is 1.76 bits per heavy atom. The molecular formula is C20H32O5. The summed E-state index contributed by atoms with van der Waals surface area (Å²) in [7, 11) is 0. The van der Waals surface area contributed by atoms with Gasteiger partial charge in [-0.25, -0.2) is 0 Å². The predicted octanol–water partition coefficient (Wildman–Crippen LogP) is 3.24. The SMILES string of the molecule is C/C1=C/CCOC(=O)CC(O)C(C)(C)C(=O)C(C)CC(C)C(=O)CC1. The Bertz CT molecular complexity index is 532. The summed E-state index contributed by atoms with van der Waals surface area (Å²) in [5.41, 5.74) is 0.0309. The van der Waals surface area contributed by atoms with Gasteiger partial charge in [0.15, 0.2) is 0 Å². The first-order valence-electron chi connectivity index (χ1n) is 9.12. The fourth-order valence-corrected chi connectivity index (χ4v) is 3.19. The molecule has 0 fully saturated rings. The molecule has 25 heavy (non-hydrogen) atoms. The molecule has 0 bridgehead atoms. The summed E-state index contributed by atoms with van der Waals surface area (Å²) in [4.78, 5) is 36.9. The van der Waals surface area contributed by atoms with Gasteiger partial charge in [-0.1, -0.05) is 39.3 Å². The maximum atomic E-state index is 12.7. The molecule has 0 aliphatic carbocycles. The van der Waals surface area contributed by atoms with Crippen molar-refractivity contribution in [3.8, 4) is 0 Å². The molecule has 142 valence electrons. The lowest BCUT2D eigenvalue weighted by molar-refractivity contribution is -0.150. The van der Waals surface area contributed by atoms with Gasteiger partial charge >= 0.3 is 5.97 Å². The van der Waals surface area contributed by atoms with Gasteiger partial charge in [-0.2, -0.15) is 0 Å². The van der Waals surface area contributed by atoms with Crippen molar-refractivity contribution >= 4 is 17.5 Å². The second-order valence-corrected chi connectivity index (χ2v) is 7.87. The van der Waals surface area contributed by atoms with Crippen LogP contribution in [0.5, 0.6) is 0 Å². The van der Waals surface area contributed by atoms with Gasteiger partial charge < -0.3 is 9.84 Å². The molecule has 1 aliphatic rings. The zero-order chi connectivity index (χ0) is 19.2. The van der Waals surface area contributed by atoms with E-state index in [0.29, 0.717) is 25.7 Å². The van der Waals surface area contributed by atoms with Crippen LogP contribution in [0.1, 0.15) is 66.7 Å². The minimum absolute atomic E-state index is 0.129. The molecule has 5 nitrogen and oxygen atoms in total. The van der Waals surface area contributed by atoms with E-state index in [1.165, 1.54) is 0 Å². The fraction of sp³-hybridized carbons (Fsp3) is 0.750. The summed E-state index contributed by atoms with van der Waals surface area (Å²) < 4.78 is 5.13. The minimum Gasteiger partial charge on any atom is -0.465 e. The van der Waals surface area contributed by atoms with Gasteiger partial charge in [-0.3, -0.25) is 14.4 Å². The number of carbonyl (C=O) groups is 3. The van der Waals surface area contributed by atoms with E-state index in [1.807, 2.05) is 19.9 Å². The van der Waals surface area contributed by atoms with Gasteiger partial charge in [0, 0.05) is 18.3 Å². The van der Waals surface area contributed by atoms with Crippen LogP contribution in [-0.2, 0) is 19.1 Å². The molecule has 0 aromatic rings. The first kappa shape index (κ1) is 21.6. The quantitative estimate of drug-likeness (QED) is 0.535. The molecule has 1 rings (SSSR count). The van der Waals surface area contributed by atoms with Gasteiger partial charge in [0.2, 0.25) is 0 Å². The van der Waals surface area contributed by atoms with Crippen molar-refractivity contribution in [1.82, 2.24) is 0 Å². The number of cyclic esters (lactones) is 1. The highest BCUT2D eigenvalue weighted by Crippen LogP contribution is 2.31. The predicted molar refractivity (Wildman–Crippen MR) is 95.9 cm³/mol. The third-order valence-corrected chi connectivity index (χ3v) is 5.17. The van der Waals surface area contributed by atoms with Gasteiger partial charge in [-0.15, -0.1) is 0 Å². The van der Waals surface area contributed by atoms with Crippen LogP contribution in [0.4, 0.5) is 0 Å². The topological polar surface area (TPSA) is 80.7 Å². The van der Waals surface area contributed by atoms with Crippen molar-refractivity contribution in [2.24, 2.45) is 17.3 Å². The number of esters is 1. The summed E-state index contributed by atoms with van der Waals surface area (Å²) in [5.74, 6) is -1.02. The number of ether oxygens (including phenoxy) is 1. The van der Waals surface area contributed by atoms with Gasteiger partial charge in [0.05, 0.1) is 24.5 Å². The molecule has 1 aliphatic heterocycles. The lowest BCUT2D eigenvalue weighted by atomic mass is 9.74. The largest absolute Gasteiger partial charge is 0.465 e. The Morgan fingerprint density at radius 3 is 2.40 bits per heavy atom. The number of aliphatic hydroxyl groups is 1. The van der Waals surface area contributed by atoms with E-state index in [1.54, 1.807) is 20.8 Å². The molecule has 0 spiro atoms. The number of ketones is 2. The highest BCUT2D eigenvalue weighted by atomic mass is 16.5. The molecule has 0 amide bonds. The average Bonchev–Trinajstić information content (AvgIpc) is 2.54. The Morgan fingerprint density at radius 1 is 1.12 bits per heavy atom. The van der Waals surface area contributed by atoms with E-state index in [2.05, 4.69) is 0 Å². The Kier molecular flexibility index (Phi) is 8.00. The maximum absolute atomic E-state index is 12.7. The minimum atomic E-state index is -1.11. The molecule has 0 aromatic heterocycles. The van der Waals surface area contributed by atoms with E-state index in [0.717, 1.165) is 5.57 Å². The molecule has 5 heteroatoms. The molecule has 0 radical (unpaired) electrons. The van der Waals surface area contributed by atoms with Crippen molar-refractivity contribution in [3.05, 3.63) is 11.6 Å². The first-order valence-corrected chi connectivity index (χ1v) is 9.12. The van der Waals surface area contributed by atoms with Crippen LogP contribution >= 0.6 is 0 Å². The van der Waals surface area contributed by atoms with Gasteiger partial charge in [0.25, 0.3) is 0 Å². The van der Waals surface area contributed by atoms with E-state index in [9.17, 15) is 19.5 Å². The lowest BCUT2D eigenvalue weighted by Crippen LogP contribution is -2.42. The standard InChI is InChI=1S/C20H32O5/c1-13-7-6-10-25-18(23)12-17(22)20(4,5)19(24)15(3)11-14(2)16(21)9-8-13/h7,14-15,17,22H,6,8-12H2,1-5H3/b13-7-. The number of aliphatic hydroxyl groups excluding tert-OH is 1. The van der Waals surface area contributed by atoms with E-state index >= 15 is 0 Å². The molecule has 3 atom stereocenters. The van der Waals surface area contributed by atoms with Crippen LogP contribution in [0.2, 0.25) is 0 Å². The molecule has 0 aromatic carbocycles. The van der Waals surface area contributed by atoms with E-state index < -0.39 is 17.5 Å². The normalized spacial score (nSPS) is 32.6. The van der Waals surface area contributed by atoms with Crippen molar-refractivity contribution in [1.29, 1.82) is 0 Å². The Labute approximate surface area is 150 Å². The van der Waals surface area contributed by atoms with Crippen LogP contribution in [0.3, 0.4) is 0 Å². The lowest BCUT2D eigenvalue weighted by Gasteiger charge is -2.31. The number of carbonyl (C=O) groups excluding carboxylic acids is 3. The van der Waals surface area contributed by atoms with Crippen LogP contribution in [0.15, 0.2) is 11.6 Å². The molecule has 3 unspecified atom stereocenters. The third kappa shape index (κ3) is 6.38. The van der Waals surface area contributed by atoms with E-state index in [4.69, 9.17) is 4.74 Å². The summed E-state index contributed by atoms with van der Waals surface area (Å²) in [6.07, 6.45) is 2.84. The summed E-state index contributed by atoms with van der Waals surface area (Å²) >= 11 is 0. The number of Topliss-reactive ketones (excluding diaryl/α,β-unsaturated/α-hetero) is 2. The van der Waals surface area contributed by atoms with Crippen molar-refractivity contribution in [2.45, 2.75) is 72.8 Å². The molecule has 1 N–H and O–H groups in total. The van der Waals surface area contributed by atoms with Crippen molar-refractivity contribution < 1.29 is 24.2 Å². The number of rotatable bonds is 0. The van der Waals surface area contributed by atoms with Gasteiger partial charge in [0.1, 0.15) is 11.6 Å². The van der Waals surface area contributed by atoms with Crippen molar-refractivity contribution in [2.75, 3.05) is 6.61 Å². The monoisotopic (exact) mass is 352 g/mol. The zero-order valence-electron chi connectivity index (χ0n) is 16.1. The Hall–Kier alpha value is -1.49. The third-order valence-electron chi connectivity index (χ3n) is 5.17. The fourth-order valence-electron chi connectivity index (χ4n) is 3.19. The van der Waals surface area contributed by atoms with Crippen LogP contribution in [0, 0.1) is 17.3 Å². The molecule has 1 heterocycles. The molecule has 0 saturated carbocycles. The highest BCUT2D eigenvalue weighted by Gasteiger charge is 2.39. The number of hydrogen-bond donors (Lipinski definition) is 1. The average molecular weight is 352 g/mol. The summed E-state index contributed by atoms with van der Waals surface area (Å²) in [6, 6.07) is 0. The van der Waals surface area contributed by atoms with Crippen molar-refractivity contribution in [3.63, 3.8) is 0 Å². The smallest absolute Gasteiger partial charge is 0.308 e. The van der Waals surface area contributed by atoms with Gasteiger partial charge in [-0.05, 0) is 26.2 Å². The summed E-state index contributed by atoms with van der Waals surface area (Å²) in [6.45, 7) is 9.12. The molecule has 0 saturated heterocycles. The molecular weight excluding hydrogens is 320 g/mol. The number of allylic oxidation sites excluding steroid dienone is 1. The second-order valence-electron chi connectivity index (χ2n) is 7.87. The maximum Gasteiger partial charge on any atom is 0.308 e.